The molecule has 1 aliphatic rings. The van der Waals surface area contributed by atoms with E-state index in [1.165, 1.54) is 16.7 Å². The maximum atomic E-state index is 5.83. The van der Waals surface area contributed by atoms with Crippen molar-refractivity contribution in [3.05, 3.63) is 46.7 Å². The second-order valence-electron chi connectivity index (χ2n) is 4.95. The summed E-state index contributed by atoms with van der Waals surface area (Å²) < 4.78 is 5.83. The minimum atomic E-state index is 0.205. The van der Waals surface area contributed by atoms with Crippen LogP contribution in [-0.2, 0) is 4.74 Å². The van der Waals surface area contributed by atoms with Crippen molar-refractivity contribution in [2.24, 2.45) is 0 Å². The molecule has 1 atom stereocenters. The molecule has 0 aromatic heterocycles. The molecule has 2 rings (SSSR count). The zero-order chi connectivity index (χ0) is 13.0. The highest BCUT2D eigenvalue weighted by molar-refractivity contribution is 5.36. The Labute approximate surface area is 110 Å². The van der Waals surface area contributed by atoms with Crippen molar-refractivity contribution in [3.63, 3.8) is 0 Å². The van der Waals surface area contributed by atoms with Gasteiger partial charge in [-0.3, -0.25) is 0 Å². The first-order valence-corrected chi connectivity index (χ1v) is 6.85. The van der Waals surface area contributed by atoms with E-state index in [0.717, 1.165) is 31.8 Å². The number of likely N-dealkylation sites (N-methyl/N-ethyl adjacent to an activating group) is 1. The van der Waals surface area contributed by atoms with Gasteiger partial charge in [0, 0.05) is 0 Å². The van der Waals surface area contributed by atoms with Crippen molar-refractivity contribution in [2.45, 2.75) is 39.7 Å². The fraction of sp³-hybridized carbons (Fsp3) is 0.500. The summed E-state index contributed by atoms with van der Waals surface area (Å²) in [6, 6.07) is 6.84. The van der Waals surface area contributed by atoms with E-state index in [4.69, 9.17) is 4.74 Å². The number of hydrogen-bond acceptors (Lipinski definition) is 2. The van der Waals surface area contributed by atoms with Gasteiger partial charge in [-0.1, -0.05) is 30.7 Å². The number of aryl methyl sites for hydroxylation is 2. The number of benzene rings is 1. The molecule has 18 heavy (non-hydrogen) atoms. The van der Waals surface area contributed by atoms with Crippen molar-refractivity contribution < 1.29 is 4.74 Å². The standard InChI is InChI=1S/C16H23NO/c1-4-17-16(15-7-5-6-10-18-15)14-9-8-12(2)11-13(14)3/h7-9,11,16-17H,4-6,10H2,1-3H3. The Bertz CT molecular complexity index is 437. The van der Waals surface area contributed by atoms with Crippen molar-refractivity contribution in [1.82, 2.24) is 5.32 Å². The van der Waals surface area contributed by atoms with Gasteiger partial charge in [0.2, 0.25) is 0 Å². The van der Waals surface area contributed by atoms with Gasteiger partial charge in [-0.25, -0.2) is 0 Å². The molecule has 1 unspecified atom stereocenters. The smallest absolute Gasteiger partial charge is 0.113 e. The van der Waals surface area contributed by atoms with Gasteiger partial charge in [0.05, 0.1) is 12.6 Å². The average molecular weight is 245 g/mol. The Morgan fingerprint density at radius 3 is 2.78 bits per heavy atom. The highest BCUT2D eigenvalue weighted by Crippen LogP contribution is 2.28. The lowest BCUT2D eigenvalue weighted by Crippen LogP contribution is -2.26. The van der Waals surface area contributed by atoms with Gasteiger partial charge in [-0.05, 0) is 50.4 Å². The fourth-order valence-electron chi connectivity index (χ4n) is 2.50. The van der Waals surface area contributed by atoms with Gasteiger partial charge in [0.1, 0.15) is 5.76 Å². The molecule has 0 saturated heterocycles. The van der Waals surface area contributed by atoms with Crippen molar-refractivity contribution in [1.29, 1.82) is 0 Å². The molecule has 98 valence electrons. The van der Waals surface area contributed by atoms with Crippen LogP contribution in [0.2, 0.25) is 0 Å². The molecular weight excluding hydrogens is 222 g/mol. The molecule has 1 aromatic rings. The third-order valence-corrected chi connectivity index (χ3v) is 3.39. The third kappa shape index (κ3) is 2.94. The minimum Gasteiger partial charge on any atom is -0.496 e. The lowest BCUT2D eigenvalue weighted by Gasteiger charge is -2.26. The van der Waals surface area contributed by atoms with Crippen LogP contribution >= 0.6 is 0 Å². The molecule has 0 fully saturated rings. The Morgan fingerprint density at radius 2 is 2.17 bits per heavy atom. The zero-order valence-corrected chi connectivity index (χ0v) is 11.6. The Kier molecular flexibility index (Phi) is 4.43. The van der Waals surface area contributed by atoms with Gasteiger partial charge < -0.3 is 10.1 Å². The van der Waals surface area contributed by atoms with E-state index in [-0.39, 0.29) is 6.04 Å². The van der Waals surface area contributed by atoms with Gasteiger partial charge in [-0.15, -0.1) is 0 Å². The summed E-state index contributed by atoms with van der Waals surface area (Å²) in [6.07, 6.45) is 4.49. The first kappa shape index (κ1) is 13.2. The molecule has 0 aliphatic carbocycles. The summed E-state index contributed by atoms with van der Waals surface area (Å²) in [5, 5.41) is 3.54. The third-order valence-electron chi connectivity index (χ3n) is 3.39. The van der Waals surface area contributed by atoms with E-state index >= 15 is 0 Å². The van der Waals surface area contributed by atoms with Gasteiger partial charge in [-0.2, -0.15) is 0 Å². The highest BCUT2D eigenvalue weighted by Gasteiger charge is 2.20. The van der Waals surface area contributed by atoms with E-state index in [1.807, 2.05) is 0 Å². The SMILES string of the molecule is CCNC(C1=CCCCO1)c1ccc(C)cc1C. The average Bonchev–Trinajstić information content (AvgIpc) is 2.38. The first-order chi connectivity index (χ1) is 8.72. The number of hydrogen-bond donors (Lipinski definition) is 1. The largest absolute Gasteiger partial charge is 0.496 e. The summed E-state index contributed by atoms with van der Waals surface area (Å²) >= 11 is 0. The Morgan fingerprint density at radius 1 is 1.33 bits per heavy atom. The molecule has 0 saturated carbocycles. The maximum absolute atomic E-state index is 5.83. The molecule has 0 bridgehead atoms. The minimum absolute atomic E-state index is 0.205. The van der Waals surface area contributed by atoms with Gasteiger partial charge in [0.15, 0.2) is 0 Å². The first-order valence-electron chi connectivity index (χ1n) is 6.85. The number of nitrogens with one attached hydrogen (secondary N) is 1. The van der Waals surface area contributed by atoms with E-state index < -0.39 is 0 Å². The van der Waals surface area contributed by atoms with Crippen LogP contribution in [0.25, 0.3) is 0 Å². The van der Waals surface area contributed by atoms with Crippen LogP contribution in [-0.4, -0.2) is 13.2 Å². The van der Waals surface area contributed by atoms with Crippen molar-refractivity contribution >= 4 is 0 Å². The topological polar surface area (TPSA) is 21.3 Å². The predicted octanol–water partition coefficient (Wildman–Crippen LogP) is 3.65. The molecule has 2 heteroatoms. The molecule has 0 radical (unpaired) electrons. The van der Waals surface area contributed by atoms with Crippen LogP contribution < -0.4 is 5.32 Å². The fourth-order valence-corrected chi connectivity index (χ4v) is 2.50. The monoisotopic (exact) mass is 245 g/mol. The van der Waals surface area contributed by atoms with E-state index in [9.17, 15) is 0 Å². The molecule has 1 heterocycles. The van der Waals surface area contributed by atoms with Crippen molar-refractivity contribution in [3.8, 4) is 0 Å². The molecule has 1 N–H and O–H groups in total. The van der Waals surface area contributed by atoms with Gasteiger partial charge >= 0.3 is 0 Å². The van der Waals surface area contributed by atoms with Crippen LogP contribution in [0.5, 0.6) is 0 Å². The summed E-state index contributed by atoms with van der Waals surface area (Å²) in [4.78, 5) is 0. The summed E-state index contributed by atoms with van der Waals surface area (Å²) in [7, 11) is 0. The normalized spacial score (nSPS) is 16.9. The maximum Gasteiger partial charge on any atom is 0.113 e. The van der Waals surface area contributed by atoms with E-state index in [2.05, 4.69) is 50.4 Å². The van der Waals surface area contributed by atoms with Crippen molar-refractivity contribution in [2.75, 3.05) is 13.2 Å². The molecule has 2 nitrogen and oxygen atoms in total. The van der Waals surface area contributed by atoms with Gasteiger partial charge in [0.25, 0.3) is 0 Å². The van der Waals surface area contributed by atoms with Crippen LogP contribution in [0.3, 0.4) is 0 Å². The van der Waals surface area contributed by atoms with Crippen LogP contribution in [0.4, 0.5) is 0 Å². The van der Waals surface area contributed by atoms with E-state index in [1.54, 1.807) is 0 Å². The predicted molar refractivity (Wildman–Crippen MR) is 75.6 cm³/mol. The molecule has 0 amide bonds. The van der Waals surface area contributed by atoms with Crippen LogP contribution in [0.15, 0.2) is 30.0 Å². The second kappa shape index (κ2) is 6.05. The molecular formula is C16H23NO. The molecule has 1 aliphatic heterocycles. The number of allylic oxidation sites excluding steroid dienone is 1. The summed E-state index contributed by atoms with van der Waals surface area (Å²) in [6.45, 7) is 8.24. The Hall–Kier alpha value is -1.28. The lowest BCUT2D eigenvalue weighted by molar-refractivity contribution is 0.168. The molecule has 1 aromatic carbocycles. The quantitative estimate of drug-likeness (QED) is 0.874. The lowest BCUT2D eigenvalue weighted by atomic mass is 9.96. The Balaban J connectivity index is 2.31. The highest BCUT2D eigenvalue weighted by atomic mass is 16.5. The number of ether oxygens (including phenoxy) is 1. The van der Waals surface area contributed by atoms with Crippen LogP contribution in [0.1, 0.15) is 42.5 Å². The summed E-state index contributed by atoms with van der Waals surface area (Å²) in [5.74, 6) is 1.09. The molecule has 0 spiro atoms. The van der Waals surface area contributed by atoms with Crippen LogP contribution in [0, 0.1) is 13.8 Å². The van der Waals surface area contributed by atoms with E-state index in [0.29, 0.717) is 0 Å². The second-order valence-corrected chi connectivity index (χ2v) is 4.95. The number of rotatable bonds is 4. The summed E-state index contributed by atoms with van der Waals surface area (Å²) in [5.41, 5.74) is 3.97. The zero-order valence-electron chi connectivity index (χ0n) is 11.6.